The van der Waals surface area contributed by atoms with E-state index in [1.54, 1.807) is 18.3 Å². The highest BCUT2D eigenvalue weighted by Crippen LogP contribution is 2.37. The molecule has 0 amide bonds. The molecular formula is C16H16BrFN2. The molecule has 1 aromatic heterocycles. The second kappa shape index (κ2) is 6.02. The summed E-state index contributed by atoms with van der Waals surface area (Å²) in [7, 11) is 0. The van der Waals surface area contributed by atoms with Crippen LogP contribution < -0.4 is 5.32 Å². The second-order valence-corrected chi connectivity index (χ2v) is 6.11. The number of rotatable bonds is 2. The van der Waals surface area contributed by atoms with Gasteiger partial charge in [-0.1, -0.05) is 12.1 Å². The molecule has 4 heteroatoms. The van der Waals surface area contributed by atoms with Crippen LogP contribution in [0.15, 0.2) is 47.2 Å². The molecule has 1 fully saturated rings. The van der Waals surface area contributed by atoms with E-state index in [4.69, 9.17) is 0 Å². The van der Waals surface area contributed by atoms with Crippen molar-refractivity contribution in [3.63, 3.8) is 0 Å². The third-order valence-corrected chi connectivity index (χ3v) is 4.35. The molecule has 104 valence electrons. The van der Waals surface area contributed by atoms with Gasteiger partial charge in [0.15, 0.2) is 0 Å². The fourth-order valence-electron chi connectivity index (χ4n) is 2.98. The molecule has 0 saturated carbocycles. The number of nitrogens with zero attached hydrogens (tertiary/aromatic N) is 1. The van der Waals surface area contributed by atoms with Crippen LogP contribution in [0.5, 0.6) is 0 Å². The fourth-order valence-corrected chi connectivity index (χ4v) is 3.36. The van der Waals surface area contributed by atoms with Gasteiger partial charge in [0.1, 0.15) is 5.82 Å². The highest BCUT2D eigenvalue weighted by Gasteiger charge is 2.28. The molecule has 0 aliphatic carbocycles. The van der Waals surface area contributed by atoms with Gasteiger partial charge in [-0.05, 0) is 64.1 Å². The monoisotopic (exact) mass is 334 g/mol. The van der Waals surface area contributed by atoms with Crippen LogP contribution >= 0.6 is 15.9 Å². The van der Waals surface area contributed by atoms with Gasteiger partial charge in [-0.25, -0.2) is 4.39 Å². The summed E-state index contributed by atoms with van der Waals surface area (Å²) in [4.78, 5) is 4.26. The maximum Gasteiger partial charge on any atom is 0.123 e. The Labute approximate surface area is 126 Å². The minimum atomic E-state index is -0.167. The number of aromatic nitrogens is 1. The Morgan fingerprint density at radius 1 is 1.15 bits per heavy atom. The Morgan fingerprint density at radius 2 is 2.05 bits per heavy atom. The van der Waals surface area contributed by atoms with Gasteiger partial charge < -0.3 is 5.32 Å². The molecule has 1 aromatic carbocycles. The summed E-state index contributed by atoms with van der Waals surface area (Å²) in [5, 5.41) is 3.41. The Bertz CT molecular complexity index is 549. The van der Waals surface area contributed by atoms with Gasteiger partial charge in [0.05, 0.1) is 0 Å². The summed E-state index contributed by atoms with van der Waals surface area (Å²) in [6.45, 7) is 1.86. The molecule has 2 atom stereocenters. The number of hydrogen-bond donors (Lipinski definition) is 1. The smallest absolute Gasteiger partial charge is 0.123 e. The second-order valence-electron chi connectivity index (χ2n) is 5.20. The molecule has 3 rings (SSSR count). The number of halogens is 2. The van der Waals surface area contributed by atoms with Crippen LogP contribution in [-0.4, -0.2) is 18.1 Å². The van der Waals surface area contributed by atoms with Crippen molar-refractivity contribution in [2.45, 2.75) is 18.3 Å². The lowest BCUT2D eigenvalue weighted by Crippen LogP contribution is -2.34. The van der Waals surface area contributed by atoms with E-state index in [9.17, 15) is 4.39 Å². The molecule has 2 heterocycles. The standard InChI is InChI=1S/C16H16BrFN2/c17-13-6-12(8-20-9-13)15-4-5-19-10-16(15)11-2-1-3-14(18)7-11/h1-3,6-9,15-16,19H,4-5,10H2. The molecule has 0 bridgehead atoms. The van der Waals surface area contributed by atoms with Gasteiger partial charge in [-0.2, -0.15) is 0 Å². The average Bonchev–Trinajstić information content (AvgIpc) is 2.47. The maximum absolute atomic E-state index is 13.5. The number of pyridine rings is 1. The first-order valence-electron chi connectivity index (χ1n) is 6.80. The third-order valence-electron chi connectivity index (χ3n) is 3.91. The highest BCUT2D eigenvalue weighted by atomic mass is 79.9. The third kappa shape index (κ3) is 2.91. The first-order chi connectivity index (χ1) is 9.74. The largest absolute Gasteiger partial charge is 0.316 e. The van der Waals surface area contributed by atoms with E-state index in [0.29, 0.717) is 5.92 Å². The van der Waals surface area contributed by atoms with Gasteiger partial charge in [-0.15, -0.1) is 0 Å². The Morgan fingerprint density at radius 3 is 2.85 bits per heavy atom. The predicted molar refractivity (Wildman–Crippen MR) is 81.3 cm³/mol. The summed E-state index contributed by atoms with van der Waals surface area (Å²) < 4.78 is 14.5. The van der Waals surface area contributed by atoms with Crippen molar-refractivity contribution in [3.05, 3.63) is 64.1 Å². The molecule has 0 spiro atoms. The summed E-state index contributed by atoms with van der Waals surface area (Å²) in [5.74, 6) is 0.498. The van der Waals surface area contributed by atoms with E-state index >= 15 is 0 Å². The molecule has 2 aromatic rings. The van der Waals surface area contributed by atoms with Crippen LogP contribution in [0.4, 0.5) is 4.39 Å². The van der Waals surface area contributed by atoms with E-state index in [1.165, 1.54) is 11.6 Å². The lowest BCUT2D eigenvalue weighted by Gasteiger charge is -2.33. The van der Waals surface area contributed by atoms with Crippen LogP contribution in [0.25, 0.3) is 0 Å². The van der Waals surface area contributed by atoms with Crippen LogP contribution in [0.3, 0.4) is 0 Å². The topological polar surface area (TPSA) is 24.9 Å². The van der Waals surface area contributed by atoms with E-state index in [1.807, 2.05) is 12.3 Å². The Balaban J connectivity index is 1.95. The van der Waals surface area contributed by atoms with E-state index in [-0.39, 0.29) is 11.7 Å². The summed E-state index contributed by atoms with van der Waals surface area (Å²) in [5.41, 5.74) is 2.28. The van der Waals surface area contributed by atoms with Crippen molar-refractivity contribution in [2.75, 3.05) is 13.1 Å². The van der Waals surface area contributed by atoms with E-state index < -0.39 is 0 Å². The van der Waals surface area contributed by atoms with Gasteiger partial charge >= 0.3 is 0 Å². The van der Waals surface area contributed by atoms with Gasteiger partial charge in [0.2, 0.25) is 0 Å². The predicted octanol–water partition coefficient (Wildman–Crippen LogP) is 3.84. The van der Waals surface area contributed by atoms with Crippen LogP contribution in [-0.2, 0) is 0 Å². The molecule has 20 heavy (non-hydrogen) atoms. The first-order valence-corrected chi connectivity index (χ1v) is 7.60. The number of piperidine rings is 1. The molecule has 2 nitrogen and oxygen atoms in total. The van der Waals surface area contributed by atoms with Crippen molar-refractivity contribution >= 4 is 15.9 Å². The zero-order valence-electron chi connectivity index (χ0n) is 11.0. The lowest BCUT2D eigenvalue weighted by molar-refractivity contribution is 0.402. The number of hydrogen-bond acceptors (Lipinski definition) is 2. The molecule has 1 aliphatic rings. The zero-order chi connectivity index (χ0) is 13.9. The summed E-state index contributed by atoms with van der Waals surface area (Å²) in [6, 6.07) is 9.06. The van der Waals surface area contributed by atoms with Crippen molar-refractivity contribution in [1.29, 1.82) is 0 Å². The average molecular weight is 335 g/mol. The molecule has 1 aliphatic heterocycles. The van der Waals surface area contributed by atoms with Gasteiger partial charge in [0.25, 0.3) is 0 Å². The Hall–Kier alpha value is -1.26. The normalized spacial score (nSPS) is 22.7. The molecule has 1 N–H and O–H groups in total. The van der Waals surface area contributed by atoms with Crippen molar-refractivity contribution in [2.24, 2.45) is 0 Å². The number of benzene rings is 1. The van der Waals surface area contributed by atoms with E-state index in [0.717, 1.165) is 29.5 Å². The fraction of sp³-hybridized carbons (Fsp3) is 0.312. The van der Waals surface area contributed by atoms with E-state index in [2.05, 4.69) is 32.3 Å². The molecule has 1 saturated heterocycles. The maximum atomic E-state index is 13.5. The zero-order valence-corrected chi connectivity index (χ0v) is 12.6. The van der Waals surface area contributed by atoms with Crippen molar-refractivity contribution in [3.8, 4) is 0 Å². The SMILES string of the molecule is Fc1cccc(C2CNCCC2c2cncc(Br)c2)c1. The van der Waals surface area contributed by atoms with Crippen molar-refractivity contribution < 1.29 is 4.39 Å². The summed E-state index contributed by atoms with van der Waals surface area (Å²) >= 11 is 3.48. The molecule has 0 radical (unpaired) electrons. The minimum Gasteiger partial charge on any atom is -0.316 e. The molecular weight excluding hydrogens is 319 g/mol. The first kappa shape index (κ1) is 13.7. The Kier molecular flexibility index (Phi) is 4.13. The van der Waals surface area contributed by atoms with Crippen LogP contribution in [0, 0.1) is 5.82 Å². The van der Waals surface area contributed by atoms with Crippen LogP contribution in [0.2, 0.25) is 0 Å². The molecule has 2 unspecified atom stereocenters. The van der Waals surface area contributed by atoms with Crippen molar-refractivity contribution in [1.82, 2.24) is 10.3 Å². The highest BCUT2D eigenvalue weighted by molar-refractivity contribution is 9.10. The summed E-state index contributed by atoms with van der Waals surface area (Å²) in [6.07, 6.45) is 4.76. The minimum absolute atomic E-state index is 0.167. The lowest BCUT2D eigenvalue weighted by atomic mass is 9.78. The van der Waals surface area contributed by atoms with Crippen LogP contribution in [0.1, 0.15) is 29.4 Å². The van der Waals surface area contributed by atoms with Gasteiger partial charge in [-0.3, -0.25) is 4.98 Å². The van der Waals surface area contributed by atoms with Gasteiger partial charge in [0, 0.05) is 29.3 Å². The quantitative estimate of drug-likeness (QED) is 0.902. The number of nitrogens with one attached hydrogen (secondary N) is 1.